The van der Waals surface area contributed by atoms with Crippen LogP contribution in [-0.4, -0.2) is 5.78 Å². The van der Waals surface area contributed by atoms with Crippen molar-refractivity contribution in [1.29, 1.82) is 0 Å². The lowest BCUT2D eigenvalue weighted by Gasteiger charge is -2.20. The summed E-state index contributed by atoms with van der Waals surface area (Å²) < 4.78 is 0. The average Bonchev–Trinajstić information content (AvgIpc) is 2.47. The molecule has 1 aliphatic carbocycles. The Morgan fingerprint density at radius 1 is 1.00 bits per heavy atom. The third-order valence-electron chi connectivity index (χ3n) is 4.32. The monoisotopic (exact) mass is 258 g/mol. The molecule has 0 heterocycles. The molecule has 0 aromatic heterocycles. The number of Topliss-reactive ketones (excluding diaryl/α,β-unsaturated/α-hetero) is 1. The van der Waals surface area contributed by atoms with Gasteiger partial charge in [-0.2, -0.15) is 0 Å². The first-order chi connectivity index (χ1) is 9.34. The van der Waals surface area contributed by atoms with E-state index in [1.165, 1.54) is 37.7 Å². The Morgan fingerprint density at radius 2 is 1.74 bits per heavy atom. The van der Waals surface area contributed by atoms with Gasteiger partial charge in [0.05, 0.1) is 0 Å². The molecule has 19 heavy (non-hydrogen) atoms. The lowest BCUT2D eigenvalue weighted by atomic mass is 9.85. The van der Waals surface area contributed by atoms with Gasteiger partial charge in [0.1, 0.15) is 5.78 Å². The lowest BCUT2D eigenvalue weighted by Crippen LogP contribution is -2.09. The lowest BCUT2D eigenvalue weighted by molar-refractivity contribution is -0.119. The highest BCUT2D eigenvalue weighted by atomic mass is 16.1. The molecule has 2 rings (SSSR count). The van der Waals surface area contributed by atoms with E-state index in [1.54, 1.807) is 0 Å². The molecule has 104 valence electrons. The van der Waals surface area contributed by atoms with E-state index in [-0.39, 0.29) is 0 Å². The van der Waals surface area contributed by atoms with Gasteiger partial charge in [-0.3, -0.25) is 4.79 Å². The summed E-state index contributed by atoms with van der Waals surface area (Å²) in [6, 6.07) is 10.5. The summed E-state index contributed by atoms with van der Waals surface area (Å²) >= 11 is 0. The zero-order chi connectivity index (χ0) is 13.3. The number of benzene rings is 1. The highest BCUT2D eigenvalue weighted by Crippen LogP contribution is 2.27. The number of aryl methyl sites for hydroxylation is 1. The van der Waals surface area contributed by atoms with Gasteiger partial charge in [0.25, 0.3) is 0 Å². The Balaban J connectivity index is 1.57. The van der Waals surface area contributed by atoms with Gasteiger partial charge >= 0.3 is 0 Å². The van der Waals surface area contributed by atoms with E-state index in [1.807, 2.05) is 6.07 Å². The minimum atomic E-state index is 0.474. The van der Waals surface area contributed by atoms with E-state index in [4.69, 9.17) is 0 Å². The fourth-order valence-electron chi connectivity index (χ4n) is 3.10. The maximum atomic E-state index is 11.9. The van der Waals surface area contributed by atoms with Crippen LogP contribution in [0.3, 0.4) is 0 Å². The van der Waals surface area contributed by atoms with Crippen LogP contribution < -0.4 is 0 Å². The summed E-state index contributed by atoms with van der Waals surface area (Å²) in [6.07, 6.45) is 11.7. The van der Waals surface area contributed by atoms with Gasteiger partial charge in [-0.05, 0) is 30.7 Å². The van der Waals surface area contributed by atoms with Crippen LogP contribution in [0.25, 0.3) is 0 Å². The van der Waals surface area contributed by atoms with Crippen molar-refractivity contribution in [3.8, 4) is 0 Å². The molecule has 1 aromatic rings. The van der Waals surface area contributed by atoms with Gasteiger partial charge in [-0.15, -0.1) is 0 Å². The second-order valence-electron chi connectivity index (χ2n) is 5.92. The smallest absolute Gasteiger partial charge is 0.132 e. The number of ketones is 1. The van der Waals surface area contributed by atoms with Gasteiger partial charge in [0.2, 0.25) is 0 Å². The molecule has 0 spiro atoms. The van der Waals surface area contributed by atoms with Crippen LogP contribution in [-0.2, 0) is 11.2 Å². The van der Waals surface area contributed by atoms with Crippen molar-refractivity contribution >= 4 is 5.78 Å². The SMILES string of the molecule is O=C(CCCc1ccccc1)CCC1CCCCC1. The standard InChI is InChI=1S/C18H26O/c19-18(15-14-17-10-5-2-6-11-17)13-7-12-16-8-3-1-4-9-16/h1,3-4,8-9,17H,2,5-7,10-15H2. The zero-order valence-corrected chi connectivity index (χ0v) is 11.9. The van der Waals surface area contributed by atoms with E-state index < -0.39 is 0 Å². The molecule has 1 nitrogen and oxygen atoms in total. The van der Waals surface area contributed by atoms with E-state index >= 15 is 0 Å². The van der Waals surface area contributed by atoms with Crippen LogP contribution >= 0.6 is 0 Å². The topological polar surface area (TPSA) is 17.1 Å². The number of hydrogen-bond donors (Lipinski definition) is 0. The maximum Gasteiger partial charge on any atom is 0.132 e. The molecule has 0 radical (unpaired) electrons. The van der Waals surface area contributed by atoms with E-state index in [0.717, 1.165) is 38.0 Å². The zero-order valence-electron chi connectivity index (χ0n) is 11.9. The summed E-state index contributed by atoms with van der Waals surface area (Å²) in [5, 5.41) is 0. The molecule has 1 aromatic carbocycles. The van der Waals surface area contributed by atoms with Crippen molar-refractivity contribution < 1.29 is 4.79 Å². The first-order valence-corrected chi connectivity index (χ1v) is 7.90. The second-order valence-corrected chi connectivity index (χ2v) is 5.92. The van der Waals surface area contributed by atoms with Crippen LogP contribution in [0, 0.1) is 5.92 Å². The van der Waals surface area contributed by atoms with Crippen molar-refractivity contribution in [2.45, 2.75) is 64.2 Å². The van der Waals surface area contributed by atoms with E-state index in [0.29, 0.717) is 5.78 Å². The number of hydrogen-bond acceptors (Lipinski definition) is 1. The summed E-state index contributed by atoms with van der Waals surface area (Å²) in [5.74, 6) is 1.31. The molecule has 1 fully saturated rings. The second kappa shape index (κ2) is 8.14. The number of rotatable bonds is 7. The predicted molar refractivity (Wildman–Crippen MR) is 80.2 cm³/mol. The molecular formula is C18H26O. The molecule has 0 aliphatic heterocycles. The Kier molecular flexibility index (Phi) is 6.13. The quantitative estimate of drug-likeness (QED) is 0.677. The van der Waals surface area contributed by atoms with Gasteiger partial charge in [0.15, 0.2) is 0 Å². The van der Waals surface area contributed by atoms with Crippen molar-refractivity contribution in [3.05, 3.63) is 35.9 Å². The summed E-state index contributed by atoms with van der Waals surface area (Å²) in [6.45, 7) is 0. The molecule has 0 N–H and O–H groups in total. The third-order valence-corrected chi connectivity index (χ3v) is 4.32. The van der Waals surface area contributed by atoms with Crippen molar-refractivity contribution in [2.75, 3.05) is 0 Å². The van der Waals surface area contributed by atoms with Gasteiger partial charge in [-0.25, -0.2) is 0 Å². The van der Waals surface area contributed by atoms with Crippen molar-refractivity contribution in [2.24, 2.45) is 5.92 Å². The highest BCUT2D eigenvalue weighted by molar-refractivity contribution is 5.78. The number of carbonyl (C=O) groups is 1. The summed E-state index contributed by atoms with van der Waals surface area (Å²) in [7, 11) is 0. The average molecular weight is 258 g/mol. The van der Waals surface area contributed by atoms with Crippen molar-refractivity contribution in [3.63, 3.8) is 0 Å². The van der Waals surface area contributed by atoms with Crippen molar-refractivity contribution in [1.82, 2.24) is 0 Å². The molecule has 1 heteroatoms. The molecule has 0 saturated heterocycles. The Bertz CT molecular complexity index is 363. The number of carbonyl (C=O) groups excluding carboxylic acids is 1. The molecule has 0 bridgehead atoms. The van der Waals surface area contributed by atoms with Crippen LogP contribution in [0.2, 0.25) is 0 Å². The van der Waals surface area contributed by atoms with Gasteiger partial charge in [0, 0.05) is 12.8 Å². The Labute approximate surface area is 117 Å². The largest absolute Gasteiger partial charge is 0.300 e. The summed E-state index contributed by atoms with van der Waals surface area (Å²) in [5.41, 5.74) is 1.35. The molecule has 1 aliphatic rings. The third kappa shape index (κ3) is 5.59. The van der Waals surface area contributed by atoms with Crippen LogP contribution in [0.4, 0.5) is 0 Å². The predicted octanol–water partition coefficient (Wildman–Crippen LogP) is 4.94. The maximum absolute atomic E-state index is 11.9. The van der Waals surface area contributed by atoms with Gasteiger partial charge in [-0.1, -0.05) is 62.4 Å². The normalized spacial score (nSPS) is 16.4. The molecule has 0 amide bonds. The highest BCUT2D eigenvalue weighted by Gasteiger charge is 2.14. The molecule has 0 atom stereocenters. The first kappa shape index (κ1) is 14.3. The fraction of sp³-hybridized carbons (Fsp3) is 0.611. The van der Waals surface area contributed by atoms with E-state index in [9.17, 15) is 4.79 Å². The first-order valence-electron chi connectivity index (χ1n) is 7.90. The minimum Gasteiger partial charge on any atom is -0.300 e. The molecule has 1 saturated carbocycles. The molecule has 0 unspecified atom stereocenters. The van der Waals surface area contributed by atoms with Gasteiger partial charge < -0.3 is 0 Å². The fourth-order valence-corrected chi connectivity index (χ4v) is 3.10. The molecular weight excluding hydrogens is 232 g/mol. The Morgan fingerprint density at radius 3 is 2.47 bits per heavy atom. The van der Waals surface area contributed by atoms with E-state index in [2.05, 4.69) is 24.3 Å². The van der Waals surface area contributed by atoms with Crippen LogP contribution in [0.1, 0.15) is 63.4 Å². The van der Waals surface area contributed by atoms with Crippen LogP contribution in [0.15, 0.2) is 30.3 Å². The summed E-state index contributed by atoms with van der Waals surface area (Å²) in [4.78, 5) is 11.9. The Hall–Kier alpha value is -1.11. The van der Waals surface area contributed by atoms with Crippen LogP contribution in [0.5, 0.6) is 0 Å². The minimum absolute atomic E-state index is 0.474.